The fraction of sp³-hybridized carbons (Fsp3) is 0.222. The molecule has 0 aromatic heterocycles. The zero-order valence-corrected chi connectivity index (χ0v) is 7.41. The number of hydrogen-bond donors (Lipinski definition) is 2. The van der Waals surface area contributed by atoms with E-state index < -0.39 is 6.09 Å². The van der Waals surface area contributed by atoms with Crippen molar-refractivity contribution in [3.05, 3.63) is 23.8 Å². The molecule has 0 aliphatic heterocycles. The van der Waals surface area contributed by atoms with Gasteiger partial charge in [0.2, 0.25) is 0 Å². The van der Waals surface area contributed by atoms with Crippen LogP contribution in [0.4, 0.5) is 10.5 Å². The molecule has 1 aromatic rings. The van der Waals surface area contributed by atoms with Crippen LogP contribution in [0, 0.1) is 0 Å². The molecule has 0 saturated heterocycles. The molecular formula is C9H12N2O2. The quantitative estimate of drug-likeness (QED) is 0.673. The lowest BCUT2D eigenvalue weighted by Gasteiger charge is -2.06. The summed E-state index contributed by atoms with van der Waals surface area (Å²) in [6.45, 7) is 1.95. The number of nitrogen functional groups attached to an aromatic ring is 1. The molecule has 0 aliphatic rings. The van der Waals surface area contributed by atoms with Crippen molar-refractivity contribution >= 4 is 11.8 Å². The Morgan fingerprint density at radius 3 is 2.77 bits per heavy atom. The van der Waals surface area contributed by atoms with E-state index in [1.165, 1.54) is 0 Å². The van der Waals surface area contributed by atoms with E-state index in [1.807, 2.05) is 6.92 Å². The fourth-order valence-electron chi connectivity index (χ4n) is 1.08. The fourth-order valence-corrected chi connectivity index (χ4v) is 1.08. The predicted octanol–water partition coefficient (Wildman–Crippen LogP) is 1.29. The minimum atomic E-state index is -0.806. The van der Waals surface area contributed by atoms with Crippen molar-refractivity contribution in [2.75, 3.05) is 5.73 Å². The highest BCUT2D eigenvalue weighted by Crippen LogP contribution is 2.21. The van der Waals surface area contributed by atoms with Gasteiger partial charge < -0.3 is 16.2 Å². The summed E-state index contributed by atoms with van der Waals surface area (Å²) < 4.78 is 4.77. The van der Waals surface area contributed by atoms with Gasteiger partial charge in [-0.2, -0.15) is 0 Å². The molecule has 0 aliphatic carbocycles. The molecular weight excluding hydrogens is 168 g/mol. The number of nitrogens with two attached hydrogens (primary N) is 2. The molecule has 1 aromatic carbocycles. The van der Waals surface area contributed by atoms with Crippen LogP contribution in [0.1, 0.15) is 12.5 Å². The third-order valence-electron chi connectivity index (χ3n) is 1.68. The molecule has 1 amide bonds. The second-order valence-corrected chi connectivity index (χ2v) is 2.64. The van der Waals surface area contributed by atoms with Crippen molar-refractivity contribution in [2.24, 2.45) is 5.73 Å². The third-order valence-corrected chi connectivity index (χ3v) is 1.68. The number of rotatable bonds is 2. The van der Waals surface area contributed by atoms with Gasteiger partial charge in [-0.15, -0.1) is 0 Å². The number of primary amides is 1. The van der Waals surface area contributed by atoms with E-state index in [1.54, 1.807) is 18.2 Å². The Balaban J connectivity index is 2.99. The largest absolute Gasteiger partial charge is 0.410 e. The summed E-state index contributed by atoms with van der Waals surface area (Å²) >= 11 is 0. The van der Waals surface area contributed by atoms with Crippen molar-refractivity contribution in [3.63, 3.8) is 0 Å². The number of amides is 1. The maximum atomic E-state index is 10.5. The minimum Gasteiger partial charge on any atom is -0.410 e. The summed E-state index contributed by atoms with van der Waals surface area (Å²) in [6, 6.07) is 5.06. The number of aryl methyl sites for hydroxylation is 1. The van der Waals surface area contributed by atoms with E-state index in [2.05, 4.69) is 0 Å². The zero-order valence-electron chi connectivity index (χ0n) is 7.41. The first-order valence-electron chi connectivity index (χ1n) is 3.99. The Hall–Kier alpha value is -1.71. The van der Waals surface area contributed by atoms with E-state index in [0.717, 1.165) is 12.0 Å². The van der Waals surface area contributed by atoms with Crippen LogP contribution >= 0.6 is 0 Å². The van der Waals surface area contributed by atoms with Crippen molar-refractivity contribution in [2.45, 2.75) is 13.3 Å². The predicted molar refractivity (Wildman–Crippen MR) is 50.4 cm³/mol. The van der Waals surface area contributed by atoms with Gasteiger partial charge >= 0.3 is 6.09 Å². The molecule has 4 heteroatoms. The van der Waals surface area contributed by atoms with Gasteiger partial charge in [-0.1, -0.05) is 6.92 Å². The Bertz CT molecular complexity index is 323. The first-order valence-corrected chi connectivity index (χ1v) is 3.99. The highest BCUT2D eigenvalue weighted by molar-refractivity contribution is 5.69. The van der Waals surface area contributed by atoms with Gasteiger partial charge in [-0.05, 0) is 30.2 Å². The highest BCUT2D eigenvalue weighted by atomic mass is 16.5. The maximum absolute atomic E-state index is 10.5. The van der Waals surface area contributed by atoms with Crippen molar-refractivity contribution < 1.29 is 9.53 Å². The van der Waals surface area contributed by atoms with Crippen LogP contribution in [0.25, 0.3) is 0 Å². The van der Waals surface area contributed by atoms with Crippen LogP contribution in [0.2, 0.25) is 0 Å². The molecule has 0 bridgehead atoms. The van der Waals surface area contributed by atoms with Crippen LogP contribution in [-0.2, 0) is 6.42 Å². The lowest BCUT2D eigenvalue weighted by molar-refractivity contribution is 0.210. The van der Waals surface area contributed by atoms with Gasteiger partial charge in [0, 0.05) is 5.69 Å². The summed E-state index contributed by atoms with van der Waals surface area (Å²) in [5, 5.41) is 0. The molecule has 0 atom stereocenters. The second-order valence-electron chi connectivity index (χ2n) is 2.64. The number of hydrogen-bond acceptors (Lipinski definition) is 3. The van der Waals surface area contributed by atoms with E-state index in [4.69, 9.17) is 16.2 Å². The summed E-state index contributed by atoms with van der Waals surface area (Å²) in [4.78, 5) is 10.5. The van der Waals surface area contributed by atoms with Gasteiger partial charge in [0.25, 0.3) is 0 Å². The molecule has 1 rings (SSSR count). The summed E-state index contributed by atoms with van der Waals surface area (Å²) in [5.41, 5.74) is 12.0. The van der Waals surface area contributed by atoms with Crippen LogP contribution in [-0.4, -0.2) is 6.09 Å². The molecule has 0 spiro atoms. The lowest BCUT2D eigenvalue weighted by atomic mass is 10.1. The average Bonchev–Trinajstić information content (AvgIpc) is 2.07. The molecule has 4 nitrogen and oxygen atoms in total. The normalized spacial score (nSPS) is 9.62. The van der Waals surface area contributed by atoms with Crippen LogP contribution in [0.15, 0.2) is 18.2 Å². The molecule has 0 saturated carbocycles. The van der Waals surface area contributed by atoms with E-state index in [0.29, 0.717) is 11.4 Å². The van der Waals surface area contributed by atoms with Crippen molar-refractivity contribution in [3.8, 4) is 5.75 Å². The lowest BCUT2D eigenvalue weighted by Crippen LogP contribution is -2.17. The topological polar surface area (TPSA) is 78.3 Å². The molecule has 0 radical (unpaired) electrons. The first kappa shape index (κ1) is 9.38. The third kappa shape index (κ3) is 2.37. The molecule has 0 unspecified atom stereocenters. The van der Waals surface area contributed by atoms with Crippen LogP contribution < -0.4 is 16.2 Å². The Morgan fingerprint density at radius 2 is 2.23 bits per heavy atom. The maximum Gasteiger partial charge on any atom is 0.409 e. The molecule has 0 fully saturated rings. The molecule has 0 heterocycles. The Morgan fingerprint density at radius 1 is 1.54 bits per heavy atom. The first-order chi connectivity index (χ1) is 6.13. The molecule has 70 valence electrons. The van der Waals surface area contributed by atoms with Gasteiger partial charge in [-0.25, -0.2) is 4.79 Å². The standard InChI is InChI=1S/C9H12N2O2/c1-2-6-5-7(10)3-4-8(6)13-9(11)12/h3-5H,2,10H2,1H3,(H2,11,12). The van der Waals surface area contributed by atoms with Crippen molar-refractivity contribution in [1.82, 2.24) is 0 Å². The Labute approximate surface area is 76.5 Å². The number of benzene rings is 1. The zero-order chi connectivity index (χ0) is 9.84. The number of ether oxygens (including phenoxy) is 1. The number of anilines is 1. The average molecular weight is 180 g/mol. The van der Waals surface area contributed by atoms with Gasteiger partial charge in [-0.3, -0.25) is 0 Å². The molecule has 4 N–H and O–H groups in total. The summed E-state index contributed by atoms with van der Waals surface area (Å²) in [6.07, 6.45) is -0.0623. The Kier molecular flexibility index (Phi) is 2.74. The van der Waals surface area contributed by atoms with Crippen molar-refractivity contribution in [1.29, 1.82) is 0 Å². The monoisotopic (exact) mass is 180 g/mol. The SMILES string of the molecule is CCc1cc(N)ccc1OC(N)=O. The summed E-state index contributed by atoms with van der Waals surface area (Å²) in [7, 11) is 0. The second kappa shape index (κ2) is 3.80. The summed E-state index contributed by atoms with van der Waals surface area (Å²) in [5.74, 6) is 0.476. The number of carbonyl (C=O) groups is 1. The molecule has 13 heavy (non-hydrogen) atoms. The van der Waals surface area contributed by atoms with E-state index in [9.17, 15) is 4.79 Å². The minimum absolute atomic E-state index is 0.476. The van der Waals surface area contributed by atoms with Crippen LogP contribution in [0.5, 0.6) is 5.75 Å². The van der Waals surface area contributed by atoms with Gasteiger partial charge in [0.1, 0.15) is 5.75 Å². The smallest absolute Gasteiger partial charge is 0.409 e. The van der Waals surface area contributed by atoms with E-state index in [-0.39, 0.29) is 0 Å². The highest BCUT2D eigenvalue weighted by Gasteiger charge is 2.04. The van der Waals surface area contributed by atoms with Crippen LogP contribution in [0.3, 0.4) is 0 Å². The van der Waals surface area contributed by atoms with Gasteiger partial charge in [0.05, 0.1) is 0 Å². The van der Waals surface area contributed by atoms with E-state index >= 15 is 0 Å². The van der Waals surface area contributed by atoms with Gasteiger partial charge in [0.15, 0.2) is 0 Å². The number of carbonyl (C=O) groups excluding carboxylic acids is 1.